The van der Waals surface area contributed by atoms with Gasteiger partial charge in [0.2, 0.25) is 0 Å². The topological polar surface area (TPSA) is 55.8 Å². The molecule has 24 heavy (non-hydrogen) atoms. The molecular formula is C20H32O4. The summed E-state index contributed by atoms with van der Waals surface area (Å²) in [5, 5.41) is 9.97. The molecule has 1 aromatic carbocycles. The minimum atomic E-state index is -0.843. The number of aliphatic hydroxyl groups excluding tert-OH is 1. The standard InChI is InChI=1S/C20H32O4/c1-19(2,3)12-17(20(4,5)6)18(22)24-14-15(21)13-23-16-10-8-7-9-11-16/h7-11,15,17,21H,12-14H2,1-6H3. The molecule has 4 heteroatoms. The number of esters is 1. The maximum absolute atomic E-state index is 12.5. The number of para-hydroxylation sites is 1. The molecule has 0 heterocycles. The molecule has 0 saturated heterocycles. The van der Waals surface area contributed by atoms with Gasteiger partial charge in [-0.05, 0) is 29.4 Å². The number of benzene rings is 1. The normalized spacial score (nSPS) is 14.8. The second kappa shape index (κ2) is 8.52. The molecule has 0 fully saturated rings. The molecule has 1 N–H and O–H groups in total. The highest BCUT2D eigenvalue weighted by molar-refractivity contribution is 5.73. The number of carbonyl (C=O) groups excluding carboxylic acids is 1. The second-order valence-corrected chi connectivity index (χ2v) is 8.59. The first kappa shape index (κ1) is 20.5. The summed E-state index contributed by atoms with van der Waals surface area (Å²) in [6.45, 7) is 12.5. The first-order valence-electron chi connectivity index (χ1n) is 8.51. The first-order valence-corrected chi connectivity index (χ1v) is 8.51. The van der Waals surface area contributed by atoms with E-state index in [1.165, 1.54) is 0 Å². The molecule has 0 radical (unpaired) electrons. The second-order valence-electron chi connectivity index (χ2n) is 8.59. The van der Waals surface area contributed by atoms with Gasteiger partial charge in [0.25, 0.3) is 0 Å². The Morgan fingerprint density at radius 2 is 1.62 bits per heavy atom. The number of hydrogen-bond acceptors (Lipinski definition) is 4. The number of carbonyl (C=O) groups is 1. The highest BCUT2D eigenvalue weighted by Gasteiger charge is 2.36. The van der Waals surface area contributed by atoms with Crippen molar-refractivity contribution in [3.8, 4) is 5.75 Å². The Balaban J connectivity index is 2.49. The highest BCUT2D eigenvalue weighted by atomic mass is 16.5. The lowest BCUT2D eigenvalue weighted by atomic mass is 9.72. The lowest BCUT2D eigenvalue weighted by molar-refractivity contribution is -0.157. The SMILES string of the molecule is CC(C)(C)CC(C(=O)OCC(O)COc1ccccc1)C(C)(C)C. The lowest BCUT2D eigenvalue weighted by Gasteiger charge is -2.34. The third kappa shape index (κ3) is 7.82. The summed E-state index contributed by atoms with van der Waals surface area (Å²) in [6, 6.07) is 9.26. The van der Waals surface area contributed by atoms with Gasteiger partial charge in [-0.2, -0.15) is 0 Å². The Hall–Kier alpha value is -1.55. The fourth-order valence-electron chi connectivity index (χ4n) is 2.39. The summed E-state index contributed by atoms with van der Waals surface area (Å²) >= 11 is 0. The molecule has 0 aliphatic carbocycles. The molecule has 0 aliphatic heterocycles. The van der Waals surface area contributed by atoms with Crippen molar-refractivity contribution < 1.29 is 19.4 Å². The van der Waals surface area contributed by atoms with E-state index in [0.29, 0.717) is 5.75 Å². The number of hydrogen-bond donors (Lipinski definition) is 1. The fraction of sp³-hybridized carbons (Fsp3) is 0.650. The Morgan fingerprint density at radius 1 is 1.04 bits per heavy atom. The van der Waals surface area contributed by atoms with Gasteiger partial charge >= 0.3 is 5.97 Å². The van der Waals surface area contributed by atoms with Crippen LogP contribution in [0.1, 0.15) is 48.0 Å². The van der Waals surface area contributed by atoms with Crippen LogP contribution in [0.15, 0.2) is 30.3 Å². The summed E-state index contributed by atoms with van der Waals surface area (Å²) in [6.07, 6.45) is -0.101. The van der Waals surface area contributed by atoms with E-state index in [9.17, 15) is 9.90 Å². The van der Waals surface area contributed by atoms with Gasteiger partial charge in [-0.1, -0.05) is 59.7 Å². The molecule has 1 rings (SSSR count). The Kier molecular flexibility index (Phi) is 7.27. The molecule has 0 spiro atoms. The Morgan fingerprint density at radius 3 is 2.12 bits per heavy atom. The van der Waals surface area contributed by atoms with Crippen LogP contribution in [0.25, 0.3) is 0 Å². The number of aliphatic hydroxyl groups is 1. The van der Waals surface area contributed by atoms with Crippen molar-refractivity contribution >= 4 is 5.97 Å². The van der Waals surface area contributed by atoms with Gasteiger partial charge in [-0.15, -0.1) is 0 Å². The monoisotopic (exact) mass is 336 g/mol. The average Bonchev–Trinajstić information content (AvgIpc) is 2.47. The molecule has 0 amide bonds. The van der Waals surface area contributed by atoms with Crippen molar-refractivity contribution in [3.63, 3.8) is 0 Å². The zero-order valence-electron chi connectivity index (χ0n) is 15.8. The largest absolute Gasteiger partial charge is 0.491 e. The van der Waals surface area contributed by atoms with E-state index in [-0.39, 0.29) is 35.9 Å². The molecule has 2 atom stereocenters. The van der Waals surface area contributed by atoms with Crippen LogP contribution in [0.5, 0.6) is 5.75 Å². The molecule has 0 saturated carbocycles. The Labute approximate surface area is 146 Å². The van der Waals surface area contributed by atoms with E-state index >= 15 is 0 Å². The third-order valence-electron chi connectivity index (χ3n) is 3.75. The van der Waals surface area contributed by atoms with Crippen molar-refractivity contribution in [3.05, 3.63) is 30.3 Å². The summed E-state index contributed by atoms with van der Waals surface area (Å²) in [5.74, 6) is 0.221. The molecule has 0 bridgehead atoms. The van der Waals surface area contributed by atoms with Crippen LogP contribution < -0.4 is 4.74 Å². The molecule has 2 unspecified atom stereocenters. The van der Waals surface area contributed by atoms with E-state index in [4.69, 9.17) is 9.47 Å². The number of rotatable bonds is 7. The van der Waals surface area contributed by atoms with Crippen molar-refractivity contribution in [1.82, 2.24) is 0 Å². The summed E-state index contributed by atoms with van der Waals surface area (Å²) < 4.78 is 10.8. The summed E-state index contributed by atoms with van der Waals surface area (Å²) in [4.78, 5) is 12.5. The molecule has 136 valence electrons. The molecule has 1 aromatic rings. The van der Waals surface area contributed by atoms with Crippen molar-refractivity contribution in [1.29, 1.82) is 0 Å². The van der Waals surface area contributed by atoms with Crippen LogP contribution >= 0.6 is 0 Å². The number of ether oxygens (including phenoxy) is 2. The zero-order valence-corrected chi connectivity index (χ0v) is 15.8. The van der Waals surface area contributed by atoms with Gasteiger partial charge < -0.3 is 14.6 Å². The van der Waals surface area contributed by atoms with E-state index < -0.39 is 6.10 Å². The maximum Gasteiger partial charge on any atom is 0.309 e. The molecule has 0 aromatic heterocycles. The molecular weight excluding hydrogens is 304 g/mol. The fourth-order valence-corrected chi connectivity index (χ4v) is 2.39. The molecule has 0 aliphatic rings. The van der Waals surface area contributed by atoms with E-state index in [1.54, 1.807) is 0 Å². The minimum absolute atomic E-state index is 0.0337. The Bertz CT molecular complexity index is 497. The van der Waals surface area contributed by atoms with Gasteiger partial charge in [-0.3, -0.25) is 4.79 Å². The van der Waals surface area contributed by atoms with Gasteiger partial charge in [-0.25, -0.2) is 0 Å². The van der Waals surface area contributed by atoms with Crippen LogP contribution in [0, 0.1) is 16.7 Å². The maximum atomic E-state index is 12.5. The van der Waals surface area contributed by atoms with Crippen molar-refractivity contribution in [2.24, 2.45) is 16.7 Å². The van der Waals surface area contributed by atoms with Gasteiger partial charge in [0, 0.05) is 0 Å². The van der Waals surface area contributed by atoms with Crippen LogP contribution in [0.4, 0.5) is 0 Å². The first-order chi connectivity index (χ1) is 11.0. The third-order valence-corrected chi connectivity index (χ3v) is 3.75. The van der Waals surface area contributed by atoms with Crippen LogP contribution in [0.2, 0.25) is 0 Å². The van der Waals surface area contributed by atoms with Crippen LogP contribution in [-0.4, -0.2) is 30.4 Å². The lowest BCUT2D eigenvalue weighted by Crippen LogP contribution is -2.35. The van der Waals surface area contributed by atoms with Crippen molar-refractivity contribution in [2.45, 2.75) is 54.1 Å². The van der Waals surface area contributed by atoms with E-state index in [2.05, 4.69) is 20.8 Å². The van der Waals surface area contributed by atoms with Gasteiger partial charge in [0.05, 0.1) is 5.92 Å². The van der Waals surface area contributed by atoms with Crippen LogP contribution in [-0.2, 0) is 9.53 Å². The van der Waals surface area contributed by atoms with E-state index in [0.717, 1.165) is 6.42 Å². The average molecular weight is 336 g/mol. The van der Waals surface area contributed by atoms with Gasteiger partial charge in [0.1, 0.15) is 25.1 Å². The quantitative estimate of drug-likeness (QED) is 0.763. The zero-order chi connectivity index (χ0) is 18.4. The minimum Gasteiger partial charge on any atom is -0.491 e. The van der Waals surface area contributed by atoms with Crippen LogP contribution in [0.3, 0.4) is 0 Å². The smallest absolute Gasteiger partial charge is 0.309 e. The highest BCUT2D eigenvalue weighted by Crippen LogP contribution is 2.36. The van der Waals surface area contributed by atoms with Gasteiger partial charge in [0.15, 0.2) is 0 Å². The van der Waals surface area contributed by atoms with E-state index in [1.807, 2.05) is 51.1 Å². The van der Waals surface area contributed by atoms with Crippen molar-refractivity contribution in [2.75, 3.05) is 13.2 Å². The summed E-state index contributed by atoms with van der Waals surface area (Å²) in [5.41, 5.74) is -0.151. The predicted octanol–water partition coefficient (Wildman–Crippen LogP) is 4.07. The summed E-state index contributed by atoms with van der Waals surface area (Å²) in [7, 11) is 0. The predicted molar refractivity (Wildman–Crippen MR) is 95.9 cm³/mol. The molecule has 4 nitrogen and oxygen atoms in total.